The minimum absolute atomic E-state index is 0.0414. The molecule has 30 heavy (non-hydrogen) atoms. The normalized spacial score (nSPS) is 12.1. The van der Waals surface area contributed by atoms with E-state index in [4.69, 9.17) is 4.74 Å². The molecule has 0 fully saturated rings. The number of fused-ring (bicyclic) bond motifs is 3. The molecule has 0 bridgehead atoms. The number of hydrogen-bond donors (Lipinski definition) is 0. The molecule has 4 aromatic rings. The van der Waals surface area contributed by atoms with E-state index in [0.717, 1.165) is 33.6 Å². The van der Waals surface area contributed by atoms with E-state index in [1.807, 2.05) is 35.9 Å². The van der Waals surface area contributed by atoms with E-state index in [0.29, 0.717) is 11.3 Å². The molecule has 0 amide bonds. The number of methoxy groups -OCH3 is 1. The van der Waals surface area contributed by atoms with Crippen molar-refractivity contribution < 1.29 is 9.53 Å². The molecule has 1 heterocycles. The van der Waals surface area contributed by atoms with E-state index in [1.54, 1.807) is 13.4 Å². The summed E-state index contributed by atoms with van der Waals surface area (Å²) >= 11 is 0. The summed E-state index contributed by atoms with van der Waals surface area (Å²) in [5.74, 6) is 0.696. The van der Waals surface area contributed by atoms with E-state index < -0.39 is 0 Å². The van der Waals surface area contributed by atoms with Crippen LogP contribution >= 0.6 is 0 Å². The van der Waals surface area contributed by atoms with Crippen molar-refractivity contribution in [2.24, 2.45) is 0 Å². The zero-order valence-electron chi connectivity index (χ0n) is 17.5. The quantitative estimate of drug-likeness (QED) is 0.395. The molecule has 3 aromatic carbocycles. The smallest absolute Gasteiger partial charge is 0.194 e. The number of rotatable bonds is 3. The van der Waals surface area contributed by atoms with Gasteiger partial charge in [0.15, 0.2) is 5.78 Å². The van der Waals surface area contributed by atoms with Gasteiger partial charge in [0, 0.05) is 17.3 Å². The minimum atomic E-state index is 0.0414. The molecule has 0 spiro atoms. The highest BCUT2D eigenvalue weighted by Crippen LogP contribution is 2.43. The van der Waals surface area contributed by atoms with Crippen LogP contribution in [0, 0.1) is 20.8 Å². The number of ketones is 1. The number of ether oxygens (including phenoxy) is 1. The van der Waals surface area contributed by atoms with E-state index in [-0.39, 0.29) is 5.78 Å². The highest BCUT2D eigenvalue weighted by molar-refractivity contribution is 6.22. The number of hydrogen-bond acceptors (Lipinski definition) is 3. The molecule has 0 radical (unpaired) electrons. The molecular weight excluding hydrogens is 372 g/mol. The highest BCUT2D eigenvalue weighted by Gasteiger charge is 2.29. The lowest BCUT2D eigenvalue weighted by atomic mass is 9.93. The molecule has 0 unspecified atom stereocenters. The number of aromatic nitrogens is 2. The van der Waals surface area contributed by atoms with Gasteiger partial charge in [-0.2, -0.15) is 0 Å². The zero-order chi connectivity index (χ0) is 21.0. The Hall–Kier alpha value is -3.66. The average Bonchev–Trinajstić information content (AvgIpc) is 3.28. The van der Waals surface area contributed by atoms with Crippen molar-refractivity contribution in [1.82, 2.24) is 9.55 Å². The van der Waals surface area contributed by atoms with E-state index in [1.165, 1.54) is 16.7 Å². The molecule has 1 aliphatic carbocycles. The van der Waals surface area contributed by atoms with Gasteiger partial charge in [0.05, 0.1) is 24.8 Å². The van der Waals surface area contributed by atoms with E-state index >= 15 is 0 Å². The maximum Gasteiger partial charge on any atom is 0.194 e. The lowest BCUT2D eigenvalue weighted by Gasteiger charge is -2.12. The average molecular weight is 394 g/mol. The van der Waals surface area contributed by atoms with Crippen molar-refractivity contribution in [2.45, 2.75) is 20.8 Å². The monoisotopic (exact) mass is 394 g/mol. The van der Waals surface area contributed by atoms with E-state index in [2.05, 4.69) is 49.2 Å². The summed E-state index contributed by atoms with van der Waals surface area (Å²) in [6, 6.07) is 16.4. The molecule has 4 heteroatoms. The standard InChI is InChI=1S/C26H22N2O2/c1-15-6-5-7-16(2)25(15)18-8-9-19-20-11-23(28-13-17(3)27-14-28)24(30-4)12-22(20)26(29)21(19)10-18/h5-14H,1-4H3. The van der Waals surface area contributed by atoms with E-state index in [9.17, 15) is 4.79 Å². The second kappa shape index (κ2) is 6.70. The van der Waals surface area contributed by atoms with Gasteiger partial charge in [0.25, 0.3) is 0 Å². The van der Waals surface area contributed by atoms with Gasteiger partial charge in [-0.3, -0.25) is 4.79 Å². The topological polar surface area (TPSA) is 44.1 Å². The first-order valence-electron chi connectivity index (χ1n) is 9.96. The van der Waals surface area contributed by atoms with Gasteiger partial charge in [0.2, 0.25) is 0 Å². The molecular formula is C26H22N2O2. The van der Waals surface area contributed by atoms with Gasteiger partial charge in [0.1, 0.15) is 5.75 Å². The maximum absolute atomic E-state index is 13.3. The third-order valence-corrected chi connectivity index (χ3v) is 5.88. The molecule has 5 rings (SSSR count). The largest absolute Gasteiger partial charge is 0.495 e. The van der Waals surface area contributed by atoms with Crippen LogP contribution in [-0.2, 0) is 0 Å². The summed E-state index contributed by atoms with van der Waals surface area (Å²) in [5.41, 5.74) is 9.79. The van der Waals surface area contributed by atoms with Crippen molar-refractivity contribution in [3.05, 3.63) is 89.0 Å². The molecule has 0 N–H and O–H groups in total. The SMILES string of the molecule is COc1cc2c(cc1-n1cnc(C)c1)-c1ccc(-c3c(C)cccc3C)cc1C2=O. The maximum atomic E-state index is 13.3. The molecule has 1 aromatic heterocycles. The van der Waals surface area contributed by atoms with Crippen LogP contribution in [0.15, 0.2) is 61.1 Å². The molecule has 0 aliphatic heterocycles. The van der Waals surface area contributed by atoms with Crippen LogP contribution in [-0.4, -0.2) is 22.4 Å². The molecule has 0 saturated heterocycles. The van der Waals surface area contributed by atoms with Gasteiger partial charge < -0.3 is 9.30 Å². The predicted octanol–water partition coefficient (Wildman–Crippen LogP) is 5.68. The first kappa shape index (κ1) is 18.4. The van der Waals surface area contributed by atoms with Crippen LogP contribution in [0.2, 0.25) is 0 Å². The fraction of sp³-hybridized carbons (Fsp3) is 0.154. The summed E-state index contributed by atoms with van der Waals surface area (Å²) in [7, 11) is 1.63. The number of carbonyl (C=O) groups is 1. The number of imidazole rings is 1. The lowest BCUT2D eigenvalue weighted by molar-refractivity contribution is 0.104. The Labute approximate surface area is 175 Å². The Kier molecular flexibility index (Phi) is 4.10. The summed E-state index contributed by atoms with van der Waals surface area (Å²) in [6.07, 6.45) is 3.72. The predicted molar refractivity (Wildman–Crippen MR) is 119 cm³/mol. The Bertz CT molecular complexity index is 1310. The van der Waals surface area contributed by atoms with Crippen LogP contribution in [0.25, 0.3) is 27.9 Å². The van der Waals surface area contributed by atoms with Crippen LogP contribution in [0.3, 0.4) is 0 Å². The first-order valence-corrected chi connectivity index (χ1v) is 9.96. The van der Waals surface area contributed by atoms with Crippen LogP contribution in [0.4, 0.5) is 0 Å². The lowest BCUT2D eigenvalue weighted by Crippen LogP contribution is -2.00. The number of nitrogens with zero attached hydrogens (tertiary/aromatic N) is 2. The Morgan fingerprint density at radius 3 is 2.27 bits per heavy atom. The Morgan fingerprint density at radius 1 is 0.867 bits per heavy atom. The highest BCUT2D eigenvalue weighted by atomic mass is 16.5. The number of benzene rings is 3. The fourth-order valence-electron chi connectivity index (χ4n) is 4.43. The molecule has 0 atom stereocenters. The molecule has 148 valence electrons. The van der Waals surface area contributed by atoms with Crippen molar-refractivity contribution >= 4 is 5.78 Å². The van der Waals surface area contributed by atoms with Crippen molar-refractivity contribution in [3.8, 4) is 33.7 Å². The number of aryl methyl sites for hydroxylation is 3. The van der Waals surface area contributed by atoms with Crippen LogP contribution in [0.5, 0.6) is 5.75 Å². The Morgan fingerprint density at radius 2 is 1.60 bits per heavy atom. The van der Waals surface area contributed by atoms with Crippen molar-refractivity contribution in [2.75, 3.05) is 7.11 Å². The summed E-state index contributed by atoms with van der Waals surface area (Å²) in [6.45, 7) is 6.16. The van der Waals surface area contributed by atoms with Gasteiger partial charge >= 0.3 is 0 Å². The van der Waals surface area contributed by atoms with Crippen LogP contribution in [0.1, 0.15) is 32.7 Å². The van der Waals surface area contributed by atoms with Gasteiger partial charge in [-0.15, -0.1) is 0 Å². The Balaban J connectivity index is 1.69. The van der Waals surface area contributed by atoms with Crippen molar-refractivity contribution in [3.63, 3.8) is 0 Å². The van der Waals surface area contributed by atoms with Crippen LogP contribution < -0.4 is 4.74 Å². The second-order valence-corrected chi connectivity index (χ2v) is 7.85. The third-order valence-electron chi connectivity index (χ3n) is 5.88. The van der Waals surface area contributed by atoms with Gasteiger partial charge in [-0.05, 0) is 72.4 Å². The minimum Gasteiger partial charge on any atom is -0.495 e. The molecule has 1 aliphatic rings. The van der Waals surface area contributed by atoms with Gasteiger partial charge in [-0.1, -0.05) is 30.3 Å². The van der Waals surface area contributed by atoms with Gasteiger partial charge in [-0.25, -0.2) is 4.98 Å². The second-order valence-electron chi connectivity index (χ2n) is 7.85. The van der Waals surface area contributed by atoms with Crippen molar-refractivity contribution in [1.29, 1.82) is 0 Å². The first-order chi connectivity index (χ1) is 14.5. The zero-order valence-corrected chi connectivity index (χ0v) is 17.5. The summed E-state index contributed by atoms with van der Waals surface area (Å²) in [4.78, 5) is 17.6. The third kappa shape index (κ3) is 2.68. The fourth-order valence-corrected chi connectivity index (χ4v) is 4.43. The summed E-state index contributed by atoms with van der Waals surface area (Å²) in [5, 5.41) is 0. The molecule has 4 nitrogen and oxygen atoms in total. The number of carbonyl (C=O) groups excluding carboxylic acids is 1. The summed E-state index contributed by atoms with van der Waals surface area (Å²) < 4.78 is 7.54. The molecule has 0 saturated carbocycles.